The Bertz CT molecular complexity index is 1250. The lowest BCUT2D eigenvalue weighted by Gasteiger charge is -2.34. The van der Waals surface area contributed by atoms with Crippen molar-refractivity contribution in [1.82, 2.24) is 9.13 Å². The highest BCUT2D eigenvalue weighted by molar-refractivity contribution is 5.75. The molecule has 1 aromatic heterocycles. The molecule has 2 aromatic rings. The van der Waals surface area contributed by atoms with Crippen LogP contribution in [-0.4, -0.2) is 43.4 Å². The van der Waals surface area contributed by atoms with E-state index in [1.807, 2.05) is 30.3 Å². The summed E-state index contributed by atoms with van der Waals surface area (Å²) >= 11 is 0. The van der Waals surface area contributed by atoms with Crippen molar-refractivity contribution < 1.29 is 32.9 Å². The number of aliphatic carboxylic acids is 1. The average molecular weight is 508 g/mol. The Morgan fingerprint density at radius 2 is 1.86 bits per heavy atom. The molecule has 1 aliphatic carbocycles. The number of allylic oxidation sites excluding steroid dienone is 2. The molecule has 1 aromatic carbocycles. The summed E-state index contributed by atoms with van der Waals surface area (Å²) < 4.78 is 46.1. The van der Waals surface area contributed by atoms with Gasteiger partial charge in [-0.05, 0) is 36.8 Å². The minimum atomic E-state index is -4.94. The van der Waals surface area contributed by atoms with Gasteiger partial charge in [-0.15, -0.1) is 13.2 Å². The number of hydrogen-bond donors (Lipinski definition) is 2. The Hall–Kier alpha value is -3.44. The lowest BCUT2D eigenvalue weighted by Crippen LogP contribution is -2.40. The summed E-state index contributed by atoms with van der Waals surface area (Å²) in [5, 5.41) is 20.2. The van der Waals surface area contributed by atoms with E-state index in [1.54, 1.807) is 6.08 Å². The van der Waals surface area contributed by atoms with Crippen molar-refractivity contribution in [3.63, 3.8) is 0 Å². The first-order valence-electron chi connectivity index (χ1n) is 11.3. The largest absolute Gasteiger partial charge is 0.523 e. The van der Waals surface area contributed by atoms with Crippen LogP contribution in [0.3, 0.4) is 0 Å². The van der Waals surface area contributed by atoms with Gasteiger partial charge in [-0.1, -0.05) is 48.6 Å². The van der Waals surface area contributed by atoms with Crippen molar-refractivity contribution in [3.05, 3.63) is 87.2 Å². The number of nitrogens with zero attached hydrogens (tertiary/aromatic N) is 2. The van der Waals surface area contributed by atoms with Gasteiger partial charge in [0, 0.05) is 25.9 Å². The number of carboxylic acid groups (broad SMARTS) is 1. The van der Waals surface area contributed by atoms with E-state index in [-0.39, 0.29) is 32.2 Å². The summed E-state index contributed by atoms with van der Waals surface area (Å²) in [6.45, 7) is -0.103. The number of halogens is 3. The lowest BCUT2D eigenvalue weighted by molar-refractivity contribution is -0.359. The van der Waals surface area contributed by atoms with Crippen LogP contribution in [0.25, 0.3) is 5.57 Å². The smallest absolute Gasteiger partial charge is 0.481 e. The number of alkyl halides is 3. The van der Waals surface area contributed by atoms with Gasteiger partial charge in [-0.3, -0.25) is 18.9 Å². The van der Waals surface area contributed by atoms with Gasteiger partial charge in [0.2, 0.25) is 0 Å². The topological polar surface area (TPSA) is 111 Å². The zero-order chi connectivity index (χ0) is 26.5. The molecule has 0 fully saturated rings. The normalized spacial score (nSPS) is 19.5. The van der Waals surface area contributed by atoms with Crippen molar-refractivity contribution in [3.8, 4) is 0 Å². The standard InChI is InChI=1S/C25H27F3N2O6/c1-29-21(32)11-16-30(23(29)35)15-10-19(22(33)34)20(31)9-14-24(36-25(26,27)28)12-7-18(8-13-24)17-5-3-2-4-6-17/h2-8,11-12,16,19-20,31H,9-10,13-15H2,1H3,(H,33,34). The maximum atomic E-state index is 13.2. The molecule has 36 heavy (non-hydrogen) atoms. The Morgan fingerprint density at radius 1 is 1.17 bits per heavy atom. The van der Waals surface area contributed by atoms with Crippen molar-refractivity contribution in [2.45, 2.75) is 50.3 Å². The molecule has 0 aliphatic heterocycles. The molecule has 194 valence electrons. The number of aliphatic hydroxyl groups excluding tert-OH is 1. The van der Waals surface area contributed by atoms with E-state index in [1.165, 1.54) is 25.4 Å². The van der Waals surface area contributed by atoms with E-state index in [4.69, 9.17) is 0 Å². The summed E-state index contributed by atoms with van der Waals surface area (Å²) in [5.41, 5.74) is -1.41. The van der Waals surface area contributed by atoms with E-state index < -0.39 is 41.2 Å². The fourth-order valence-electron chi connectivity index (χ4n) is 4.19. The second kappa shape index (κ2) is 11.1. The maximum Gasteiger partial charge on any atom is 0.523 e. The molecular weight excluding hydrogens is 481 g/mol. The zero-order valence-corrected chi connectivity index (χ0v) is 19.5. The Morgan fingerprint density at radius 3 is 2.44 bits per heavy atom. The predicted octanol–water partition coefficient (Wildman–Crippen LogP) is 3.10. The first-order valence-corrected chi connectivity index (χ1v) is 11.3. The van der Waals surface area contributed by atoms with Crippen molar-refractivity contribution in [1.29, 1.82) is 0 Å². The van der Waals surface area contributed by atoms with Crippen LogP contribution in [-0.2, 0) is 23.1 Å². The predicted molar refractivity (Wildman–Crippen MR) is 125 cm³/mol. The first kappa shape index (κ1) is 27.2. The number of aliphatic hydroxyl groups is 1. The Balaban J connectivity index is 1.71. The molecule has 0 saturated heterocycles. The molecule has 2 N–H and O–H groups in total. The molecule has 8 nitrogen and oxygen atoms in total. The van der Waals surface area contributed by atoms with E-state index in [2.05, 4.69) is 4.74 Å². The highest BCUT2D eigenvalue weighted by Crippen LogP contribution is 2.38. The van der Waals surface area contributed by atoms with Gasteiger partial charge < -0.3 is 14.8 Å². The number of benzene rings is 1. The Labute approximate surface area is 204 Å². The van der Waals surface area contributed by atoms with Gasteiger partial charge in [-0.25, -0.2) is 4.79 Å². The molecule has 3 rings (SSSR count). The van der Waals surface area contributed by atoms with Crippen molar-refractivity contribution in [2.24, 2.45) is 13.0 Å². The van der Waals surface area contributed by atoms with Gasteiger partial charge in [0.1, 0.15) is 0 Å². The lowest BCUT2D eigenvalue weighted by atomic mass is 9.83. The van der Waals surface area contributed by atoms with Crippen LogP contribution >= 0.6 is 0 Å². The zero-order valence-electron chi connectivity index (χ0n) is 19.5. The molecule has 0 spiro atoms. The van der Waals surface area contributed by atoms with Crippen LogP contribution in [0.5, 0.6) is 0 Å². The third-order valence-electron chi connectivity index (χ3n) is 6.25. The quantitative estimate of drug-likeness (QED) is 0.510. The van der Waals surface area contributed by atoms with E-state index in [0.717, 1.165) is 26.3 Å². The van der Waals surface area contributed by atoms with Crippen LogP contribution in [0.2, 0.25) is 0 Å². The van der Waals surface area contributed by atoms with E-state index >= 15 is 0 Å². The first-order chi connectivity index (χ1) is 16.9. The van der Waals surface area contributed by atoms with Gasteiger partial charge in [-0.2, -0.15) is 0 Å². The van der Waals surface area contributed by atoms with Gasteiger partial charge in [0.05, 0.1) is 17.6 Å². The van der Waals surface area contributed by atoms with Crippen LogP contribution in [0.15, 0.2) is 70.4 Å². The SMILES string of the molecule is Cn1c(=O)ccn(CCC(C(=O)O)C(O)CCC2(OC(F)(F)F)C=CC(c3ccccc3)=CC2)c1=O. The molecule has 0 amide bonds. The van der Waals surface area contributed by atoms with E-state index in [9.17, 15) is 37.8 Å². The molecule has 0 radical (unpaired) electrons. The fraction of sp³-hybridized carbons (Fsp3) is 0.400. The van der Waals surface area contributed by atoms with E-state index in [0.29, 0.717) is 0 Å². The number of aromatic nitrogens is 2. The van der Waals surface area contributed by atoms with Crippen LogP contribution in [0, 0.1) is 5.92 Å². The molecule has 0 saturated carbocycles. The summed E-state index contributed by atoms with van der Waals surface area (Å²) in [6, 6.07) is 10.2. The minimum Gasteiger partial charge on any atom is -0.481 e. The molecule has 1 heterocycles. The van der Waals surface area contributed by atoms with Crippen LogP contribution < -0.4 is 11.2 Å². The highest BCUT2D eigenvalue weighted by atomic mass is 19.4. The molecule has 3 unspecified atom stereocenters. The molecular formula is C25H27F3N2O6. The number of aryl methyl sites for hydroxylation is 1. The number of carboxylic acids is 1. The fourth-order valence-corrected chi connectivity index (χ4v) is 4.19. The van der Waals surface area contributed by atoms with Crippen LogP contribution in [0.4, 0.5) is 13.2 Å². The molecule has 1 aliphatic rings. The Kier molecular flexibility index (Phi) is 8.36. The number of hydrogen-bond acceptors (Lipinski definition) is 5. The summed E-state index contributed by atoms with van der Waals surface area (Å²) in [6.07, 6.45) is -1.62. The molecule has 0 bridgehead atoms. The van der Waals surface area contributed by atoms with Crippen molar-refractivity contribution in [2.75, 3.05) is 0 Å². The number of ether oxygens (including phenoxy) is 1. The minimum absolute atomic E-state index is 0.103. The second-order valence-electron chi connectivity index (χ2n) is 8.70. The average Bonchev–Trinajstić information content (AvgIpc) is 2.82. The third-order valence-corrected chi connectivity index (χ3v) is 6.25. The monoisotopic (exact) mass is 508 g/mol. The summed E-state index contributed by atoms with van der Waals surface area (Å²) in [4.78, 5) is 35.5. The maximum absolute atomic E-state index is 13.2. The van der Waals surface area contributed by atoms with Gasteiger partial charge >= 0.3 is 18.0 Å². The summed E-state index contributed by atoms with van der Waals surface area (Å²) in [7, 11) is 1.28. The molecule has 11 heteroatoms. The number of carbonyl (C=O) groups is 1. The van der Waals surface area contributed by atoms with Crippen LogP contribution in [0.1, 0.15) is 31.2 Å². The van der Waals surface area contributed by atoms with Crippen molar-refractivity contribution >= 4 is 11.5 Å². The highest BCUT2D eigenvalue weighted by Gasteiger charge is 2.43. The number of rotatable bonds is 10. The second-order valence-corrected chi connectivity index (χ2v) is 8.70. The molecule has 3 atom stereocenters. The third kappa shape index (κ3) is 6.82. The van der Waals surface area contributed by atoms with Gasteiger partial charge in [0.15, 0.2) is 0 Å². The van der Waals surface area contributed by atoms with Gasteiger partial charge in [0.25, 0.3) is 5.56 Å². The summed E-state index contributed by atoms with van der Waals surface area (Å²) in [5.74, 6) is -2.70.